The Balaban J connectivity index is 0.728. The molecule has 1 saturated carbocycles. The minimum absolute atomic E-state index is 0.0246. The molecule has 7 rings (SSSR count). The summed E-state index contributed by atoms with van der Waals surface area (Å²) < 4.78 is 79.9. The van der Waals surface area contributed by atoms with Crippen LogP contribution in [-0.2, 0) is 110 Å². The summed E-state index contributed by atoms with van der Waals surface area (Å²) in [7, 11) is 3.20. The van der Waals surface area contributed by atoms with Crippen molar-refractivity contribution in [3.63, 3.8) is 0 Å². The van der Waals surface area contributed by atoms with Gasteiger partial charge in [-0.05, 0) is 156 Å². The number of nitrogen functional groups attached to an aromatic ring is 1. The lowest BCUT2D eigenvalue weighted by atomic mass is 9.80. The number of anilines is 1. The number of unbranched alkanes of at least 4 members (excludes halogenated alkanes) is 2. The molecule has 3 aromatic heterocycles. The second kappa shape index (κ2) is 53.7. The lowest BCUT2D eigenvalue weighted by Gasteiger charge is -2.42. The molecule has 658 valence electrons. The molecule has 0 radical (unpaired) electrons. The number of ketones is 3. The number of piperidine rings is 1. The molecule has 8 N–H and O–H groups in total. The minimum atomic E-state index is -2.49. The van der Waals surface area contributed by atoms with Gasteiger partial charge in [-0.2, -0.15) is 5.10 Å². The highest BCUT2D eigenvalue weighted by Crippen LogP contribution is 2.38. The van der Waals surface area contributed by atoms with E-state index in [0.29, 0.717) is 208 Å². The number of aliphatic hydroxyl groups is 3. The fraction of sp³-hybridized carbons (Fsp3) is 0.747. The number of amides is 2. The fourth-order valence-electron chi connectivity index (χ4n) is 14.9. The van der Waals surface area contributed by atoms with E-state index in [2.05, 4.69) is 53.3 Å². The van der Waals surface area contributed by atoms with Gasteiger partial charge in [0, 0.05) is 89.7 Å². The van der Waals surface area contributed by atoms with Gasteiger partial charge >= 0.3 is 5.97 Å². The molecule has 3 aliphatic heterocycles. The summed E-state index contributed by atoms with van der Waals surface area (Å²) in [6.07, 6.45) is 16.9. The summed E-state index contributed by atoms with van der Waals surface area (Å²) in [6, 6.07) is -2.12. The van der Waals surface area contributed by atoms with E-state index in [9.17, 15) is 44.1 Å². The summed E-state index contributed by atoms with van der Waals surface area (Å²) in [5.74, 6) is -8.52. The van der Waals surface area contributed by atoms with Crippen LogP contribution in [0.15, 0.2) is 60.1 Å². The summed E-state index contributed by atoms with van der Waals surface area (Å²) in [6.45, 7) is 19.4. The van der Waals surface area contributed by atoms with E-state index in [-0.39, 0.29) is 67.8 Å². The Morgan fingerprint density at radius 3 is 2.03 bits per heavy atom. The third-order valence-corrected chi connectivity index (χ3v) is 22.6. The first kappa shape index (κ1) is 98.1. The van der Waals surface area contributed by atoms with Gasteiger partial charge in [-0.25, -0.2) is 24.1 Å². The predicted molar refractivity (Wildman–Crippen MR) is 442 cm³/mol. The van der Waals surface area contributed by atoms with E-state index in [1.165, 1.54) is 19.3 Å². The monoisotopic (exact) mass is 1760 g/mol. The van der Waals surface area contributed by atoms with Crippen molar-refractivity contribution in [2.45, 2.75) is 231 Å². The molecule has 15 atom stereocenters. The number of ether oxygens (including phenoxy) is 13. The number of carbonyl (C=O) groups is 6. The Labute approximate surface area is 702 Å². The minimum Gasteiger partial charge on any atom is -0.459 e. The standard InChI is InChI=1S/C83H132IN11O22/c1-56-18-10-9-11-19-57(2)69(105-7)52-64-24-22-61(6)83(104,117-64)77(101)81(102)94-28-15-12-21-66(94)82(103)116-70(53-67(96)58(3)49-60(5)75(99)76(100)74(98)59(4)48-56)65(85)50-62-23-25-68(71(51-62)106-8)115-31-17-13-20-63-54-93(92-90-63)30-33-108-35-37-110-39-41-112-43-45-114-47-46-113-44-42-111-40-38-109-36-34-107-32-26-72(97)87-27-14-16-29-95-80-73(78(84)91-95)79(86)88-55-89-80/h9-11,18-19,49,54-56,58-59,61-62,64-66,68-71,75-76,99-100,104H,12-17,20-48,50-53,85H2,1-8H3,(H,87,97)(H2,86,88,89)/b11-9+,18-10+,57-19+,60-49+/t56-,58-,59-,61-,62+,64+,65-,66+,68-,69+,70+,71-,75-,76+,83-/m1/s1. The van der Waals surface area contributed by atoms with E-state index >= 15 is 0 Å². The highest BCUT2D eigenvalue weighted by atomic mass is 127. The molecule has 2 amide bonds. The van der Waals surface area contributed by atoms with E-state index in [4.69, 9.17) is 73.0 Å². The molecule has 33 nitrogen and oxygen atoms in total. The SMILES string of the molecule is CO[C@H]1C[C@@H]2CC[C@@H](C)[C@@](O)(O2)C(=O)C(=O)N2CCCC[C@H]2C(=O)O[C@H]([C@H](N)C[C@@H]2CC[C@@H](OCCCCc3cn(CCOCCOCCOCCOCCOCCOCCOCCOCCC(=O)NCCCCn4nc(I)c5c(N)ncnc54)nn3)[C@H](OC)C2)CC(=O)[C@H](C)/C=C(\C)[C@@H](O)[C@@H](O)C(=O)[C@H](C)C[C@H](C)/C=C/C=C/C=C/1C. The van der Waals surface area contributed by atoms with Crippen LogP contribution >= 0.6 is 22.6 Å². The van der Waals surface area contributed by atoms with Crippen LogP contribution in [0.25, 0.3) is 11.0 Å². The van der Waals surface area contributed by atoms with Gasteiger partial charge in [-0.15, -0.1) is 5.10 Å². The maximum atomic E-state index is 14.7. The van der Waals surface area contributed by atoms with E-state index < -0.39 is 95.4 Å². The molecule has 0 spiro atoms. The van der Waals surface area contributed by atoms with Crippen molar-refractivity contribution in [3.8, 4) is 0 Å². The summed E-state index contributed by atoms with van der Waals surface area (Å²) >= 11 is 2.13. The van der Waals surface area contributed by atoms with Crippen molar-refractivity contribution in [1.82, 2.24) is 45.0 Å². The number of carbonyl (C=O) groups excluding carboxylic acids is 6. The highest BCUT2D eigenvalue weighted by Gasteiger charge is 2.53. The number of fused-ring (bicyclic) bond motifs is 4. The number of aryl methyl sites for hydroxylation is 2. The topological polar surface area (TPSA) is 425 Å². The largest absolute Gasteiger partial charge is 0.459 e. The van der Waals surface area contributed by atoms with Crippen molar-refractivity contribution < 1.29 is 106 Å². The number of methoxy groups -OCH3 is 2. The number of halogens is 1. The molecule has 0 aromatic carbocycles. The average Bonchev–Trinajstić information content (AvgIpc) is 1.44. The van der Waals surface area contributed by atoms with Crippen LogP contribution in [0.4, 0.5) is 5.82 Å². The Bertz CT molecular complexity index is 3600. The van der Waals surface area contributed by atoms with Gasteiger partial charge in [0.25, 0.3) is 11.7 Å². The van der Waals surface area contributed by atoms with Gasteiger partial charge in [-0.1, -0.05) is 69.4 Å². The van der Waals surface area contributed by atoms with E-state index in [1.54, 1.807) is 39.7 Å². The maximum Gasteiger partial charge on any atom is 0.329 e. The van der Waals surface area contributed by atoms with Gasteiger partial charge in [0.1, 0.15) is 46.0 Å². The molecular weight excluding hydrogens is 1630 g/mol. The number of Topliss-reactive ketones (excluding diaryl/α,β-unsaturated/α-hetero) is 3. The number of aromatic nitrogens is 7. The number of hydrogen-bond donors (Lipinski definition) is 6. The van der Waals surface area contributed by atoms with Crippen LogP contribution in [-0.4, -0.2) is 290 Å². The number of allylic oxidation sites excluding steroid dienone is 6. The molecule has 6 heterocycles. The molecule has 3 aromatic rings. The van der Waals surface area contributed by atoms with Gasteiger partial charge < -0.3 is 98.6 Å². The lowest BCUT2D eigenvalue weighted by Crippen LogP contribution is -2.61. The second-order valence-corrected chi connectivity index (χ2v) is 32.0. The lowest BCUT2D eigenvalue weighted by molar-refractivity contribution is -0.265. The average molecular weight is 1760 g/mol. The maximum absolute atomic E-state index is 14.7. The number of nitrogens with one attached hydrogen (secondary N) is 1. The normalized spacial score (nSPS) is 27.8. The van der Waals surface area contributed by atoms with Crippen molar-refractivity contribution in [2.75, 3.05) is 145 Å². The van der Waals surface area contributed by atoms with E-state index in [1.807, 2.05) is 55.1 Å². The molecule has 1 aliphatic carbocycles. The molecule has 0 unspecified atom stereocenters. The zero-order valence-electron chi connectivity index (χ0n) is 70.0. The molecule has 117 heavy (non-hydrogen) atoms. The quantitative estimate of drug-likeness (QED) is 0.0119. The van der Waals surface area contributed by atoms with Crippen LogP contribution in [0.5, 0.6) is 0 Å². The molecule has 2 saturated heterocycles. The number of rotatable bonds is 43. The number of nitrogens with two attached hydrogens (primary N) is 2. The fourth-order valence-corrected chi connectivity index (χ4v) is 15.6. The number of esters is 1. The Morgan fingerprint density at radius 1 is 0.718 bits per heavy atom. The van der Waals surface area contributed by atoms with Gasteiger partial charge in [-0.3, -0.25) is 24.0 Å². The summed E-state index contributed by atoms with van der Waals surface area (Å²) in [5.41, 5.74) is 15.7. The third-order valence-electron chi connectivity index (χ3n) is 21.9. The highest BCUT2D eigenvalue weighted by molar-refractivity contribution is 14.1. The van der Waals surface area contributed by atoms with E-state index in [0.717, 1.165) is 50.9 Å². The first-order valence-electron chi connectivity index (χ1n) is 41.8. The third kappa shape index (κ3) is 33.4. The van der Waals surface area contributed by atoms with Crippen LogP contribution in [0.1, 0.15) is 156 Å². The van der Waals surface area contributed by atoms with Crippen LogP contribution in [0.2, 0.25) is 0 Å². The van der Waals surface area contributed by atoms with Gasteiger partial charge in [0.15, 0.2) is 11.4 Å². The van der Waals surface area contributed by atoms with Crippen LogP contribution in [0.3, 0.4) is 0 Å². The first-order valence-corrected chi connectivity index (χ1v) is 42.9. The van der Waals surface area contributed by atoms with Crippen LogP contribution < -0.4 is 16.8 Å². The number of hydrogen-bond acceptors (Lipinski definition) is 29. The molecule has 4 aliphatic rings. The molecule has 3 fully saturated rings. The smallest absolute Gasteiger partial charge is 0.329 e. The summed E-state index contributed by atoms with van der Waals surface area (Å²) in [4.78, 5) is 93.2. The predicted octanol–water partition coefficient (Wildman–Crippen LogP) is 6.30. The molecule has 2 bridgehead atoms. The second-order valence-electron chi connectivity index (χ2n) is 31.0. The zero-order valence-corrected chi connectivity index (χ0v) is 72.1. The molecule has 34 heteroatoms. The van der Waals surface area contributed by atoms with Crippen LogP contribution in [0, 0.1) is 33.3 Å². The zero-order chi connectivity index (χ0) is 84.5. The van der Waals surface area contributed by atoms with Crippen molar-refractivity contribution >= 4 is 74.6 Å². The van der Waals surface area contributed by atoms with Crippen molar-refractivity contribution in [1.29, 1.82) is 0 Å². The number of nitrogens with zero attached hydrogens (tertiary/aromatic N) is 8. The number of aliphatic hydroxyl groups excluding tert-OH is 2. The van der Waals surface area contributed by atoms with Gasteiger partial charge in [0.05, 0.1) is 148 Å². The first-order chi connectivity index (χ1) is 56.4. The Morgan fingerprint density at radius 2 is 1.38 bits per heavy atom. The van der Waals surface area contributed by atoms with Gasteiger partial charge in [0.2, 0.25) is 11.7 Å². The van der Waals surface area contributed by atoms with Crippen molar-refractivity contribution in [3.05, 3.63) is 69.5 Å². The van der Waals surface area contributed by atoms with Crippen molar-refractivity contribution in [2.24, 2.45) is 35.3 Å². The number of cyclic esters (lactones) is 1. The Kier molecular flexibility index (Phi) is 45.0. The Hall–Kier alpha value is -6.04. The molecular formula is C83H132IN11O22. The summed E-state index contributed by atoms with van der Waals surface area (Å²) in [5, 5.41) is 51.4.